The third-order valence-electron chi connectivity index (χ3n) is 2.83. The molecule has 0 heterocycles. The smallest absolute Gasteiger partial charge is 0.267 e. The number of para-hydroxylation sites is 1. The molecule has 116 valence electrons. The van der Waals surface area contributed by atoms with Crippen molar-refractivity contribution in [3.05, 3.63) is 59.7 Å². The minimum Gasteiger partial charge on any atom is -0.355 e. The van der Waals surface area contributed by atoms with Crippen molar-refractivity contribution in [1.29, 1.82) is 0 Å². The van der Waals surface area contributed by atoms with Gasteiger partial charge in [-0.25, -0.2) is 17.2 Å². The largest absolute Gasteiger partial charge is 0.355 e. The van der Waals surface area contributed by atoms with Crippen LogP contribution in [0, 0.1) is 11.6 Å². The number of hydrogen-bond acceptors (Lipinski definition) is 3. The second kappa shape index (κ2) is 6.10. The van der Waals surface area contributed by atoms with Gasteiger partial charge in [-0.1, -0.05) is 18.2 Å². The SMILES string of the molecule is CNC(=O)c1ccccc1NS(=O)(=O)c1c(F)cccc1F. The number of amides is 1. The van der Waals surface area contributed by atoms with Crippen LogP contribution in [0.25, 0.3) is 0 Å². The van der Waals surface area contributed by atoms with Crippen molar-refractivity contribution < 1.29 is 22.0 Å². The second-order valence-electron chi connectivity index (χ2n) is 4.28. The van der Waals surface area contributed by atoms with Gasteiger partial charge in [-0.3, -0.25) is 9.52 Å². The average molecular weight is 326 g/mol. The van der Waals surface area contributed by atoms with Gasteiger partial charge < -0.3 is 5.32 Å². The van der Waals surface area contributed by atoms with Crippen LogP contribution in [-0.4, -0.2) is 21.4 Å². The van der Waals surface area contributed by atoms with E-state index in [9.17, 15) is 22.0 Å². The fourth-order valence-corrected chi connectivity index (χ4v) is 3.06. The van der Waals surface area contributed by atoms with Gasteiger partial charge >= 0.3 is 0 Å². The van der Waals surface area contributed by atoms with Gasteiger partial charge in [0.15, 0.2) is 4.90 Å². The highest BCUT2D eigenvalue weighted by atomic mass is 32.2. The highest BCUT2D eigenvalue weighted by Gasteiger charge is 2.25. The predicted molar refractivity (Wildman–Crippen MR) is 77.0 cm³/mol. The summed E-state index contributed by atoms with van der Waals surface area (Å²) in [5, 5.41) is 2.35. The monoisotopic (exact) mass is 326 g/mol. The van der Waals surface area contributed by atoms with Gasteiger partial charge in [0.1, 0.15) is 11.6 Å². The minimum atomic E-state index is -4.52. The van der Waals surface area contributed by atoms with E-state index in [1.807, 2.05) is 4.72 Å². The van der Waals surface area contributed by atoms with Gasteiger partial charge in [0, 0.05) is 7.05 Å². The molecule has 0 saturated heterocycles. The fraction of sp³-hybridized carbons (Fsp3) is 0.0714. The van der Waals surface area contributed by atoms with Crippen LogP contribution >= 0.6 is 0 Å². The summed E-state index contributed by atoms with van der Waals surface area (Å²) in [6.07, 6.45) is 0. The predicted octanol–water partition coefficient (Wildman–Crippen LogP) is 2.13. The zero-order chi connectivity index (χ0) is 16.3. The van der Waals surface area contributed by atoms with E-state index in [0.717, 1.165) is 18.2 Å². The first-order valence-corrected chi connectivity index (χ1v) is 7.63. The molecule has 0 aromatic heterocycles. The lowest BCUT2D eigenvalue weighted by atomic mass is 10.2. The first kappa shape index (κ1) is 15.9. The lowest BCUT2D eigenvalue weighted by Crippen LogP contribution is -2.22. The van der Waals surface area contributed by atoms with Gasteiger partial charge in [0.25, 0.3) is 15.9 Å². The number of sulfonamides is 1. The lowest BCUT2D eigenvalue weighted by molar-refractivity contribution is 0.0964. The van der Waals surface area contributed by atoms with E-state index in [1.165, 1.54) is 31.3 Å². The molecular weight excluding hydrogens is 314 g/mol. The molecule has 0 radical (unpaired) electrons. The van der Waals surface area contributed by atoms with E-state index in [4.69, 9.17) is 0 Å². The summed E-state index contributed by atoms with van der Waals surface area (Å²) in [5.41, 5.74) is -0.0465. The van der Waals surface area contributed by atoms with Crippen LogP contribution in [0.3, 0.4) is 0 Å². The van der Waals surface area contributed by atoms with Crippen molar-refractivity contribution in [2.24, 2.45) is 0 Å². The molecular formula is C14H12F2N2O3S. The number of rotatable bonds is 4. The molecule has 0 aliphatic carbocycles. The van der Waals surface area contributed by atoms with E-state index in [-0.39, 0.29) is 11.3 Å². The molecule has 8 heteroatoms. The molecule has 0 aliphatic heterocycles. The van der Waals surface area contributed by atoms with E-state index < -0.39 is 32.5 Å². The topological polar surface area (TPSA) is 75.3 Å². The summed E-state index contributed by atoms with van der Waals surface area (Å²) in [7, 11) is -3.14. The number of carbonyl (C=O) groups is 1. The number of benzene rings is 2. The van der Waals surface area contributed by atoms with Crippen molar-refractivity contribution in [2.45, 2.75) is 4.90 Å². The standard InChI is InChI=1S/C14H12F2N2O3S/c1-17-14(19)9-5-2-3-8-12(9)18-22(20,21)13-10(15)6-4-7-11(13)16/h2-8,18H,1H3,(H,17,19). The molecule has 2 aromatic carbocycles. The summed E-state index contributed by atoms with van der Waals surface area (Å²) in [5.74, 6) is -2.97. The summed E-state index contributed by atoms with van der Waals surface area (Å²) in [6, 6.07) is 8.45. The molecule has 0 saturated carbocycles. The Labute approximate surface area is 126 Å². The van der Waals surface area contributed by atoms with Gasteiger partial charge in [0.05, 0.1) is 11.3 Å². The Morgan fingerprint density at radius 1 is 1.00 bits per heavy atom. The third kappa shape index (κ3) is 3.06. The van der Waals surface area contributed by atoms with Crippen molar-refractivity contribution in [2.75, 3.05) is 11.8 Å². The zero-order valence-corrected chi connectivity index (χ0v) is 12.2. The second-order valence-corrected chi connectivity index (χ2v) is 5.90. The summed E-state index contributed by atoms with van der Waals surface area (Å²) in [4.78, 5) is 10.6. The first-order chi connectivity index (χ1) is 10.4. The molecule has 0 aliphatic rings. The number of hydrogen-bond donors (Lipinski definition) is 2. The first-order valence-electron chi connectivity index (χ1n) is 6.15. The van der Waals surface area contributed by atoms with Crippen LogP contribution in [0.1, 0.15) is 10.4 Å². The van der Waals surface area contributed by atoms with Crippen LogP contribution in [0.15, 0.2) is 47.4 Å². The van der Waals surface area contributed by atoms with Crippen LogP contribution in [-0.2, 0) is 10.0 Å². The highest BCUT2D eigenvalue weighted by molar-refractivity contribution is 7.92. The minimum absolute atomic E-state index is 0.0327. The number of anilines is 1. The molecule has 2 rings (SSSR count). The van der Waals surface area contributed by atoms with Crippen molar-refractivity contribution in [3.8, 4) is 0 Å². The number of nitrogens with one attached hydrogen (secondary N) is 2. The quantitative estimate of drug-likeness (QED) is 0.904. The molecule has 2 aromatic rings. The van der Waals surface area contributed by atoms with E-state index >= 15 is 0 Å². The molecule has 0 atom stereocenters. The maximum absolute atomic E-state index is 13.6. The van der Waals surface area contributed by atoms with Crippen LogP contribution in [0.2, 0.25) is 0 Å². The Morgan fingerprint density at radius 3 is 2.18 bits per heavy atom. The lowest BCUT2D eigenvalue weighted by Gasteiger charge is -2.12. The van der Waals surface area contributed by atoms with Gasteiger partial charge in [-0.15, -0.1) is 0 Å². The van der Waals surface area contributed by atoms with Gasteiger partial charge in [-0.05, 0) is 24.3 Å². The van der Waals surface area contributed by atoms with Crippen LogP contribution in [0.4, 0.5) is 14.5 Å². The van der Waals surface area contributed by atoms with E-state index in [1.54, 1.807) is 0 Å². The molecule has 0 unspecified atom stereocenters. The van der Waals surface area contributed by atoms with Gasteiger partial charge in [-0.2, -0.15) is 0 Å². The van der Waals surface area contributed by atoms with Crippen molar-refractivity contribution in [1.82, 2.24) is 5.32 Å². The Balaban J connectivity index is 2.49. The Morgan fingerprint density at radius 2 is 1.59 bits per heavy atom. The maximum Gasteiger partial charge on any atom is 0.267 e. The van der Waals surface area contributed by atoms with Crippen LogP contribution < -0.4 is 10.0 Å². The molecule has 2 N–H and O–H groups in total. The van der Waals surface area contributed by atoms with Gasteiger partial charge in [0.2, 0.25) is 0 Å². The summed E-state index contributed by atoms with van der Waals surface area (Å²) >= 11 is 0. The Hall–Kier alpha value is -2.48. The maximum atomic E-state index is 13.6. The molecule has 1 amide bonds. The molecule has 22 heavy (non-hydrogen) atoms. The highest BCUT2D eigenvalue weighted by Crippen LogP contribution is 2.23. The number of halogens is 2. The number of carbonyl (C=O) groups excluding carboxylic acids is 1. The summed E-state index contributed by atoms with van der Waals surface area (Å²) < 4.78 is 53.7. The normalized spacial score (nSPS) is 11.0. The van der Waals surface area contributed by atoms with Crippen molar-refractivity contribution >= 4 is 21.6 Å². The average Bonchev–Trinajstić information content (AvgIpc) is 2.46. The fourth-order valence-electron chi connectivity index (χ4n) is 1.84. The Bertz CT molecular complexity index is 802. The molecule has 0 spiro atoms. The molecule has 0 fully saturated rings. The molecule has 0 bridgehead atoms. The van der Waals surface area contributed by atoms with Crippen LogP contribution in [0.5, 0.6) is 0 Å². The zero-order valence-electron chi connectivity index (χ0n) is 11.4. The van der Waals surface area contributed by atoms with Crippen molar-refractivity contribution in [3.63, 3.8) is 0 Å². The summed E-state index contributed by atoms with van der Waals surface area (Å²) in [6.45, 7) is 0. The van der Waals surface area contributed by atoms with E-state index in [0.29, 0.717) is 0 Å². The molecule has 5 nitrogen and oxygen atoms in total. The van der Waals surface area contributed by atoms with E-state index in [2.05, 4.69) is 5.32 Å². The third-order valence-corrected chi connectivity index (χ3v) is 4.25. The Kier molecular flexibility index (Phi) is 4.41.